The highest BCUT2D eigenvalue weighted by atomic mass is 19.4. The van der Waals surface area contributed by atoms with Gasteiger partial charge in [-0.05, 0) is 19.4 Å². The fourth-order valence-corrected chi connectivity index (χ4v) is 1.57. The van der Waals surface area contributed by atoms with E-state index in [9.17, 15) is 18.0 Å². The summed E-state index contributed by atoms with van der Waals surface area (Å²) in [5, 5.41) is 5.69. The summed E-state index contributed by atoms with van der Waals surface area (Å²) in [6, 6.07) is 0. The fourth-order valence-electron chi connectivity index (χ4n) is 1.57. The van der Waals surface area contributed by atoms with Gasteiger partial charge in [-0.3, -0.25) is 4.79 Å². The first-order valence-corrected chi connectivity index (χ1v) is 5.77. The molecule has 0 saturated heterocycles. The molecule has 0 fully saturated rings. The monoisotopic (exact) mass is 266 g/mol. The summed E-state index contributed by atoms with van der Waals surface area (Å²) in [6.45, 7) is 0.240. The first-order valence-electron chi connectivity index (χ1n) is 5.77. The van der Waals surface area contributed by atoms with Gasteiger partial charge in [-0.1, -0.05) is 11.6 Å². The molecule has 1 heterocycles. The van der Waals surface area contributed by atoms with Gasteiger partial charge in [-0.15, -0.1) is 0 Å². The molecule has 1 aliphatic heterocycles. The Morgan fingerprint density at radius 3 is 2.89 bits per heavy atom. The Kier molecular flexibility index (Phi) is 6.14. The average molecular weight is 266 g/mol. The Morgan fingerprint density at radius 2 is 2.28 bits per heavy atom. The number of halogens is 3. The van der Waals surface area contributed by atoms with Crippen LogP contribution in [-0.4, -0.2) is 44.9 Å². The van der Waals surface area contributed by atoms with Crippen molar-refractivity contribution in [2.75, 3.05) is 32.8 Å². The standard InChI is InChI=1S/C11H17F3N2O2/c12-11(13,14)8-18-7-10(17)16-6-3-9-1-4-15-5-2-9/h1,15H,2-8H2,(H,16,17). The third-order valence-corrected chi connectivity index (χ3v) is 2.43. The van der Waals surface area contributed by atoms with Crippen LogP contribution < -0.4 is 10.6 Å². The molecule has 0 spiro atoms. The smallest absolute Gasteiger partial charge is 0.362 e. The molecule has 0 bridgehead atoms. The highest BCUT2D eigenvalue weighted by molar-refractivity contribution is 5.77. The minimum absolute atomic E-state index is 0.431. The maximum absolute atomic E-state index is 11.7. The minimum atomic E-state index is -4.39. The summed E-state index contributed by atoms with van der Waals surface area (Å²) in [5.41, 5.74) is 1.25. The fraction of sp³-hybridized carbons (Fsp3) is 0.727. The largest absolute Gasteiger partial charge is 0.411 e. The number of nitrogens with one attached hydrogen (secondary N) is 2. The van der Waals surface area contributed by atoms with Crippen molar-refractivity contribution < 1.29 is 22.7 Å². The average Bonchev–Trinajstić information content (AvgIpc) is 2.28. The second-order valence-electron chi connectivity index (χ2n) is 4.02. The van der Waals surface area contributed by atoms with Crippen molar-refractivity contribution in [2.24, 2.45) is 0 Å². The highest BCUT2D eigenvalue weighted by Crippen LogP contribution is 2.14. The second-order valence-corrected chi connectivity index (χ2v) is 4.02. The van der Waals surface area contributed by atoms with Crippen molar-refractivity contribution in [2.45, 2.75) is 19.0 Å². The van der Waals surface area contributed by atoms with Crippen molar-refractivity contribution in [3.05, 3.63) is 11.6 Å². The lowest BCUT2D eigenvalue weighted by atomic mass is 10.1. The first-order chi connectivity index (χ1) is 8.47. The molecular weight excluding hydrogens is 249 g/mol. The molecule has 0 unspecified atom stereocenters. The van der Waals surface area contributed by atoms with Gasteiger partial charge in [0.15, 0.2) is 0 Å². The molecule has 0 saturated carbocycles. The number of hydrogen-bond acceptors (Lipinski definition) is 3. The van der Waals surface area contributed by atoms with Crippen molar-refractivity contribution in [3.63, 3.8) is 0 Å². The van der Waals surface area contributed by atoms with Gasteiger partial charge in [-0.2, -0.15) is 13.2 Å². The number of amides is 1. The zero-order chi connectivity index (χ0) is 13.4. The van der Waals surface area contributed by atoms with Crippen LogP contribution in [0.15, 0.2) is 11.6 Å². The van der Waals surface area contributed by atoms with E-state index in [2.05, 4.69) is 21.4 Å². The predicted molar refractivity (Wildman–Crippen MR) is 60.1 cm³/mol. The number of alkyl halides is 3. The maximum Gasteiger partial charge on any atom is 0.411 e. The maximum atomic E-state index is 11.7. The van der Waals surface area contributed by atoms with E-state index >= 15 is 0 Å². The van der Waals surface area contributed by atoms with E-state index in [1.807, 2.05) is 0 Å². The predicted octanol–water partition coefficient (Wildman–Crippen LogP) is 0.991. The number of carbonyl (C=O) groups is 1. The Morgan fingerprint density at radius 1 is 1.50 bits per heavy atom. The summed E-state index contributed by atoms with van der Waals surface area (Å²) in [7, 11) is 0. The van der Waals surface area contributed by atoms with Crippen LogP contribution in [0.4, 0.5) is 13.2 Å². The van der Waals surface area contributed by atoms with Gasteiger partial charge in [0.25, 0.3) is 0 Å². The molecule has 0 aromatic rings. The van der Waals surface area contributed by atoms with Crippen LogP contribution in [0, 0.1) is 0 Å². The van der Waals surface area contributed by atoms with Crippen LogP contribution in [0.5, 0.6) is 0 Å². The zero-order valence-electron chi connectivity index (χ0n) is 9.98. The second kappa shape index (κ2) is 7.38. The summed E-state index contributed by atoms with van der Waals surface area (Å²) in [4.78, 5) is 11.1. The zero-order valence-corrected chi connectivity index (χ0v) is 9.98. The molecule has 1 rings (SSSR count). The molecule has 0 aromatic carbocycles. The van der Waals surface area contributed by atoms with E-state index in [1.54, 1.807) is 0 Å². The molecule has 0 aromatic heterocycles. The van der Waals surface area contributed by atoms with Crippen molar-refractivity contribution >= 4 is 5.91 Å². The third kappa shape index (κ3) is 7.29. The molecule has 18 heavy (non-hydrogen) atoms. The number of ether oxygens (including phenoxy) is 1. The van der Waals surface area contributed by atoms with Crippen LogP contribution in [0.1, 0.15) is 12.8 Å². The molecule has 104 valence electrons. The number of rotatable bonds is 6. The molecule has 4 nitrogen and oxygen atoms in total. The number of hydrogen-bond donors (Lipinski definition) is 2. The summed E-state index contributed by atoms with van der Waals surface area (Å²) in [5.74, 6) is -0.520. The molecular formula is C11H17F3N2O2. The molecule has 1 amide bonds. The van der Waals surface area contributed by atoms with E-state index in [4.69, 9.17) is 0 Å². The Balaban J connectivity index is 2.04. The lowest BCUT2D eigenvalue weighted by molar-refractivity contribution is -0.175. The van der Waals surface area contributed by atoms with Crippen LogP contribution in [0.25, 0.3) is 0 Å². The molecule has 0 atom stereocenters. The molecule has 0 aliphatic carbocycles. The van der Waals surface area contributed by atoms with Crippen molar-refractivity contribution in [1.82, 2.24) is 10.6 Å². The third-order valence-electron chi connectivity index (χ3n) is 2.43. The van der Waals surface area contributed by atoms with Crippen molar-refractivity contribution in [3.8, 4) is 0 Å². The summed E-state index contributed by atoms with van der Waals surface area (Å²) >= 11 is 0. The van der Waals surface area contributed by atoms with Gasteiger partial charge >= 0.3 is 6.18 Å². The van der Waals surface area contributed by atoms with Crippen LogP contribution in [0.2, 0.25) is 0 Å². The van der Waals surface area contributed by atoms with E-state index in [0.29, 0.717) is 6.54 Å². The Hall–Kier alpha value is -1.08. The molecule has 7 heteroatoms. The van der Waals surface area contributed by atoms with Gasteiger partial charge in [0.1, 0.15) is 13.2 Å². The number of carbonyl (C=O) groups excluding carboxylic acids is 1. The van der Waals surface area contributed by atoms with Gasteiger partial charge < -0.3 is 15.4 Å². The molecule has 1 aliphatic rings. The van der Waals surface area contributed by atoms with Crippen molar-refractivity contribution in [1.29, 1.82) is 0 Å². The Labute approximate surface area is 104 Å². The van der Waals surface area contributed by atoms with Gasteiger partial charge in [-0.25, -0.2) is 0 Å². The lowest BCUT2D eigenvalue weighted by Crippen LogP contribution is -2.31. The summed E-state index contributed by atoms with van der Waals surface area (Å²) in [6.07, 6.45) is -0.650. The van der Waals surface area contributed by atoms with Crippen LogP contribution in [-0.2, 0) is 9.53 Å². The van der Waals surface area contributed by atoms with E-state index in [-0.39, 0.29) is 0 Å². The first kappa shape index (κ1) is 15.0. The topological polar surface area (TPSA) is 50.4 Å². The van der Waals surface area contributed by atoms with Crippen LogP contribution in [0.3, 0.4) is 0 Å². The van der Waals surface area contributed by atoms with E-state index in [1.165, 1.54) is 5.57 Å². The normalized spacial score (nSPS) is 16.3. The van der Waals surface area contributed by atoms with E-state index < -0.39 is 25.3 Å². The quantitative estimate of drug-likeness (QED) is 0.705. The molecule has 0 radical (unpaired) electrons. The Bertz CT molecular complexity index is 303. The highest BCUT2D eigenvalue weighted by Gasteiger charge is 2.27. The van der Waals surface area contributed by atoms with Crippen LogP contribution >= 0.6 is 0 Å². The lowest BCUT2D eigenvalue weighted by Gasteiger charge is -2.14. The van der Waals surface area contributed by atoms with Gasteiger partial charge in [0.2, 0.25) is 5.91 Å². The van der Waals surface area contributed by atoms with Gasteiger partial charge in [0, 0.05) is 13.1 Å². The minimum Gasteiger partial charge on any atom is -0.362 e. The molecule has 2 N–H and O–H groups in total. The van der Waals surface area contributed by atoms with E-state index in [0.717, 1.165) is 25.9 Å². The SMILES string of the molecule is O=C(COCC(F)(F)F)NCCC1=CCNCC1. The summed E-state index contributed by atoms with van der Waals surface area (Å²) < 4.78 is 39.4. The van der Waals surface area contributed by atoms with Gasteiger partial charge in [0.05, 0.1) is 0 Å².